The number of hydrogen-bond acceptors (Lipinski definition) is 3. The number of hydrogen-bond donors (Lipinski definition) is 2. The monoisotopic (exact) mass is 294 g/mol. The van der Waals surface area contributed by atoms with Crippen LogP contribution in [0.3, 0.4) is 0 Å². The maximum atomic E-state index is 13.4. The molecule has 5 heteroatoms. The number of carbonyl (C=O) groups is 1. The highest BCUT2D eigenvalue weighted by molar-refractivity contribution is 5.92. The minimum atomic E-state index is -0.367. The van der Waals surface area contributed by atoms with E-state index in [0.717, 1.165) is 25.7 Å². The van der Waals surface area contributed by atoms with Crippen molar-refractivity contribution in [1.82, 2.24) is 4.90 Å². The molecule has 0 aliphatic heterocycles. The standard InChI is InChI=1S/C16H23FN2O2/c1-11-7-8-12(9-13(11)17)18-16(21)10-19(2)14-5-3-4-6-15(14)20/h7-9,14-15,20H,3-6,10H2,1-2H3,(H,18,21). The van der Waals surface area contributed by atoms with Crippen molar-refractivity contribution in [2.45, 2.75) is 44.8 Å². The van der Waals surface area contributed by atoms with Crippen LogP contribution in [0.2, 0.25) is 0 Å². The summed E-state index contributed by atoms with van der Waals surface area (Å²) in [5.41, 5.74) is 1.01. The summed E-state index contributed by atoms with van der Waals surface area (Å²) in [5, 5.41) is 12.7. The van der Waals surface area contributed by atoms with Crippen molar-refractivity contribution in [2.75, 3.05) is 18.9 Å². The van der Waals surface area contributed by atoms with Crippen LogP contribution in [0.4, 0.5) is 10.1 Å². The molecule has 0 aromatic heterocycles. The SMILES string of the molecule is Cc1ccc(NC(=O)CN(C)C2CCCCC2O)cc1F. The van der Waals surface area contributed by atoms with Crippen molar-refractivity contribution in [3.63, 3.8) is 0 Å². The van der Waals surface area contributed by atoms with E-state index in [1.165, 1.54) is 6.07 Å². The zero-order valence-electron chi connectivity index (χ0n) is 12.6. The van der Waals surface area contributed by atoms with Gasteiger partial charge in [-0.3, -0.25) is 9.69 Å². The van der Waals surface area contributed by atoms with Crippen LogP contribution in [0.25, 0.3) is 0 Å². The highest BCUT2D eigenvalue weighted by Gasteiger charge is 2.27. The summed E-state index contributed by atoms with van der Waals surface area (Å²) in [6, 6.07) is 4.67. The average molecular weight is 294 g/mol. The minimum Gasteiger partial charge on any atom is -0.391 e. The number of halogens is 1. The molecule has 0 bridgehead atoms. The largest absolute Gasteiger partial charge is 0.391 e. The molecular formula is C16H23FN2O2. The summed E-state index contributed by atoms with van der Waals surface area (Å²) >= 11 is 0. The van der Waals surface area contributed by atoms with Crippen LogP contribution in [0, 0.1) is 12.7 Å². The van der Waals surface area contributed by atoms with Gasteiger partial charge < -0.3 is 10.4 Å². The third kappa shape index (κ3) is 4.25. The van der Waals surface area contributed by atoms with Gasteiger partial charge in [-0.1, -0.05) is 18.9 Å². The molecule has 0 spiro atoms. The maximum Gasteiger partial charge on any atom is 0.238 e. The number of nitrogens with zero attached hydrogens (tertiary/aromatic N) is 1. The normalized spacial score (nSPS) is 22.3. The summed E-state index contributed by atoms with van der Waals surface area (Å²) in [5.74, 6) is -0.526. The number of benzene rings is 1. The molecule has 1 aromatic carbocycles. The van der Waals surface area contributed by atoms with E-state index >= 15 is 0 Å². The van der Waals surface area contributed by atoms with Gasteiger partial charge in [-0.15, -0.1) is 0 Å². The Morgan fingerprint density at radius 2 is 2.14 bits per heavy atom. The van der Waals surface area contributed by atoms with Gasteiger partial charge in [0, 0.05) is 11.7 Å². The Balaban J connectivity index is 1.90. The number of aliphatic hydroxyl groups is 1. The smallest absolute Gasteiger partial charge is 0.238 e. The van der Waals surface area contributed by atoms with Gasteiger partial charge in [0.05, 0.1) is 12.6 Å². The average Bonchev–Trinajstić information content (AvgIpc) is 2.43. The molecule has 2 N–H and O–H groups in total. The Morgan fingerprint density at radius 1 is 1.43 bits per heavy atom. The first-order valence-corrected chi connectivity index (χ1v) is 7.41. The molecule has 116 valence electrons. The van der Waals surface area contributed by atoms with Crippen molar-refractivity contribution in [3.05, 3.63) is 29.6 Å². The van der Waals surface area contributed by atoms with E-state index < -0.39 is 0 Å². The molecule has 1 aliphatic rings. The van der Waals surface area contributed by atoms with Crippen molar-refractivity contribution < 1.29 is 14.3 Å². The second kappa shape index (κ2) is 7.00. The van der Waals surface area contributed by atoms with Gasteiger partial charge in [0.2, 0.25) is 5.91 Å². The second-order valence-electron chi connectivity index (χ2n) is 5.85. The predicted octanol–water partition coefficient (Wildman–Crippen LogP) is 2.31. The number of anilines is 1. The van der Waals surface area contributed by atoms with Gasteiger partial charge in [0.1, 0.15) is 5.82 Å². The van der Waals surface area contributed by atoms with E-state index in [2.05, 4.69) is 5.32 Å². The van der Waals surface area contributed by atoms with E-state index in [-0.39, 0.29) is 30.4 Å². The van der Waals surface area contributed by atoms with Crippen LogP contribution in [0.1, 0.15) is 31.2 Å². The number of rotatable bonds is 4. The van der Waals surface area contributed by atoms with Crippen LogP contribution in [0.5, 0.6) is 0 Å². The molecule has 2 rings (SSSR count). The summed E-state index contributed by atoms with van der Waals surface area (Å²) < 4.78 is 13.4. The molecule has 1 amide bonds. The van der Waals surface area contributed by atoms with E-state index in [0.29, 0.717) is 11.3 Å². The van der Waals surface area contributed by atoms with Gasteiger partial charge in [-0.05, 0) is 44.5 Å². The van der Waals surface area contributed by atoms with Crippen LogP contribution in [0.15, 0.2) is 18.2 Å². The van der Waals surface area contributed by atoms with E-state index in [9.17, 15) is 14.3 Å². The first-order valence-electron chi connectivity index (χ1n) is 7.41. The van der Waals surface area contributed by atoms with E-state index in [1.54, 1.807) is 19.1 Å². The van der Waals surface area contributed by atoms with Gasteiger partial charge in [0.25, 0.3) is 0 Å². The predicted molar refractivity (Wildman–Crippen MR) is 80.7 cm³/mol. The van der Waals surface area contributed by atoms with Crippen LogP contribution in [-0.2, 0) is 4.79 Å². The minimum absolute atomic E-state index is 0.0271. The molecule has 0 saturated heterocycles. The van der Waals surface area contributed by atoms with E-state index in [4.69, 9.17) is 0 Å². The van der Waals surface area contributed by atoms with Gasteiger partial charge in [-0.25, -0.2) is 4.39 Å². The second-order valence-corrected chi connectivity index (χ2v) is 5.85. The summed E-state index contributed by atoms with van der Waals surface area (Å²) in [6.45, 7) is 1.87. The molecule has 0 radical (unpaired) electrons. The fraction of sp³-hybridized carbons (Fsp3) is 0.562. The molecule has 1 aliphatic carbocycles. The number of aryl methyl sites for hydroxylation is 1. The highest BCUT2D eigenvalue weighted by Crippen LogP contribution is 2.22. The third-order valence-corrected chi connectivity index (χ3v) is 4.11. The molecular weight excluding hydrogens is 271 g/mol. The molecule has 1 saturated carbocycles. The molecule has 0 heterocycles. The van der Waals surface area contributed by atoms with Crippen molar-refractivity contribution in [3.8, 4) is 0 Å². The zero-order valence-corrected chi connectivity index (χ0v) is 12.6. The van der Waals surface area contributed by atoms with Crippen molar-refractivity contribution in [1.29, 1.82) is 0 Å². The van der Waals surface area contributed by atoms with Gasteiger partial charge in [0.15, 0.2) is 0 Å². The highest BCUT2D eigenvalue weighted by atomic mass is 19.1. The zero-order chi connectivity index (χ0) is 15.4. The first-order chi connectivity index (χ1) is 9.97. The lowest BCUT2D eigenvalue weighted by Gasteiger charge is -2.34. The fourth-order valence-corrected chi connectivity index (χ4v) is 2.82. The number of nitrogens with one attached hydrogen (secondary N) is 1. The van der Waals surface area contributed by atoms with Crippen LogP contribution >= 0.6 is 0 Å². The summed E-state index contributed by atoms with van der Waals surface area (Å²) in [4.78, 5) is 13.9. The van der Waals surface area contributed by atoms with Gasteiger partial charge >= 0.3 is 0 Å². The number of likely N-dealkylation sites (N-methyl/N-ethyl adjacent to an activating group) is 1. The maximum absolute atomic E-state index is 13.4. The fourth-order valence-electron chi connectivity index (χ4n) is 2.82. The Hall–Kier alpha value is -1.46. The number of amides is 1. The quantitative estimate of drug-likeness (QED) is 0.896. The Morgan fingerprint density at radius 3 is 2.81 bits per heavy atom. The van der Waals surface area contributed by atoms with Crippen LogP contribution in [-0.4, -0.2) is 41.7 Å². The topological polar surface area (TPSA) is 52.6 Å². The lowest BCUT2D eigenvalue weighted by atomic mass is 9.91. The Labute approximate surface area is 125 Å². The molecule has 1 aromatic rings. The third-order valence-electron chi connectivity index (χ3n) is 4.11. The molecule has 1 fully saturated rings. The molecule has 2 unspecified atom stereocenters. The summed E-state index contributed by atoms with van der Waals surface area (Å²) in [7, 11) is 1.84. The van der Waals surface area contributed by atoms with Crippen molar-refractivity contribution >= 4 is 11.6 Å². The lowest BCUT2D eigenvalue weighted by molar-refractivity contribution is -0.118. The molecule has 21 heavy (non-hydrogen) atoms. The first kappa shape index (κ1) is 15.9. The molecule has 2 atom stereocenters. The number of aliphatic hydroxyl groups excluding tert-OH is 1. The lowest BCUT2D eigenvalue weighted by Crippen LogP contribution is -2.46. The van der Waals surface area contributed by atoms with Gasteiger partial charge in [-0.2, -0.15) is 0 Å². The Bertz CT molecular complexity index is 507. The van der Waals surface area contributed by atoms with Crippen LogP contribution < -0.4 is 5.32 Å². The number of carbonyl (C=O) groups excluding carboxylic acids is 1. The van der Waals surface area contributed by atoms with Crippen molar-refractivity contribution in [2.24, 2.45) is 0 Å². The molecule has 4 nitrogen and oxygen atoms in total. The summed E-state index contributed by atoms with van der Waals surface area (Å²) in [6.07, 6.45) is 3.45. The Kier molecular flexibility index (Phi) is 5.31. The van der Waals surface area contributed by atoms with E-state index in [1.807, 2.05) is 11.9 Å².